The highest BCUT2D eigenvalue weighted by atomic mass is 16.5. The summed E-state index contributed by atoms with van der Waals surface area (Å²) in [5.74, 6) is 0.649. The topological polar surface area (TPSA) is 115 Å². The third-order valence-electron chi connectivity index (χ3n) is 4.27. The molecule has 4 rings (SSSR count). The minimum absolute atomic E-state index is 0.121. The second-order valence-corrected chi connectivity index (χ2v) is 5.89. The Balaban J connectivity index is 1.64. The Morgan fingerprint density at radius 2 is 2.26 bits per heavy atom. The Morgan fingerprint density at radius 3 is 3.00 bits per heavy atom. The largest absolute Gasteiger partial charge is 0.394 e. The molecule has 4 atom stereocenters. The zero-order chi connectivity index (χ0) is 15.8. The summed E-state index contributed by atoms with van der Waals surface area (Å²) in [6.45, 7) is 1.27. The number of hydrogen-bond donors (Lipinski definition) is 3. The van der Waals surface area contributed by atoms with Gasteiger partial charge in [-0.15, -0.1) is 0 Å². The molecule has 2 aromatic heterocycles. The molecule has 9 heteroatoms. The molecule has 2 saturated heterocycles. The molecule has 0 unspecified atom stereocenters. The van der Waals surface area contributed by atoms with E-state index in [4.69, 9.17) is 9.47 Å². The van der Waals surface area contributed by atoms with E-state index in [1.54, 1.807) is 10.9 Å². The highest BCUT2D eigenvalue weighted by molar-refractivity contribution is 5.82. The van der Waals surface area contributed by atoms with E-state index in [1.165, 1.54) is 6.33 Å². The Morgan fingerprint density at radius 1 is 1.35 bits per heavy atom. The van der Waals surface area contributed by atoms with Gasteiger partial charge in [0.2, 0.25) is 0 Å². The van der Waals surface area contributed by atoms with Gasteiger partial charge in [0, 0.05) is 13.0 Å². The van der Waals surface area contributed by atoms with Crippen LogP contribution < -0.4 is 5.32 Å². The summed E-state index contributed by atoms with van der Waals surface area (Å²) in [4.78, 5) is 12.9. The molecule has 0 saturated carbocycles. The van der Waals surface area contributed by atoms with Crippen LogP contribution in [0.25, 0.3) is 11.2 Å². The molecular weight excluding hydrogens is 302 g/mol. The van der Waals surface area contributed by atoms with Crippen molar-refractivity contribution in [1.29, 1.82) is 0 Å². The Bertz CT molecular complexity index is 687. The Hall–Kier alpha value is -1.81. The average Bonchev–Trinajstić information content (AvgIpc) is 3.27. The molecule has 0 amide bonds. The molecule has 0 aliphatic carbocycles. The lowest BCUT2D eigenvalue weighted by Crippen LogP contribution is -2.21. The molecule has 2 aliphatic rings. The number of imidazole rings is 1. The number of fused-ring (bicyclic) bond motifs is 1. The van der Waals surface area contributed by atoms with Gasteiger partial charge < -0.3 is 25.0 Å². The lowest BCUT2D eigenvalue weighted by molar-refractivity contribution is -0.0486. The van der Waals surface area contributed by atoms with E-state index in [2.05, 4.69) is 20.3 Å². The summed E-state index contributed by atoms with van der Waals surface area (Å²) in [7, 11) is 0. The van der Waals surface area contributed by atoms with Crippen molar-refractivity contribution in [2.24, 2.45) is 0 Å². The molecular formula is C14H19N5O4. The zero-order valence-corrected chi connectivity index (χ0v) is 12.5. The maximum atomic E-state index is 10.2. The van der Waals surface area contributed by atoms with Crippen LogP contribution in [0.5, 0.6) is 0 Å². The Labute approximate surface area is 132 Å². The smallest absolute Gasteiger partial charge is 0.167 e. The summed E-state index contributed by atoms with van der Waals surface area (Å²) >= 11 is 0. The molecule has 23 heavy (non-hydrogen) atoms. The van der Waals surface area contributed by atoms with E-state index >= 15 is 0 Å². The number of hydrogen-bond acceptors (Lipinski definition) is 8. The average molecular weight is 321 g/mol. The van der Waals surface area contributed by atoms with Crippen molar-refractivity contribution < 1.29 is 19.7 Å². The van der Waals surface area contributed by atoms with E-state index in [0.717, 1.165) is 13.0 Å². The number of aliphatic hydroxyl groups excluding tert-OH is 2. The fourth-order valence-electron chi connectivity index (χ4n) is 3.08. The third kappa shape index (κ3) is 2.65. The predicted octanol–water partition coefficient (Wildman–Crippen LogP) is -0.332. The van der Waals surface area contributed by atoms with Gasteiger partial charge >= 0.3 is 0 Å². The van der Waals surface area contributed by atoms with E-state index in [0.29, 0.717) is 30.0 Å². The monoisotopic (exact) mass is 321 g/mol. The molecule has 3 N–H and O–H groups in total. The normalized spacial score (nSPS) is 31.0. The molecule has 0 aromatic carbocycles. The van der Waals surface area contributed by atoms with Crippen LogP contribution in [-0.2, 0) is 9.47 Å². The number of ether oxygens (including phenoxy) is 2. The number of aliphatic hydroxyl groups is 2. The quantitative estimate of drug-likeness (QED) is 0.701. The summed E-state index contributed by atoms with van der Waals surface area (Å²) < 4.78 is 12.7. The summed E-state index contributed by atoms with van der Waals surface area (Å²) in [6.07, 6.45) is 2.68. The second kappa shape index (κ2) is 6.00. The number of aromatic nitrogens is 4. The predicted molar refractivity (Wildman–Crippen MR) is 79.8 cm³/mol. The molecule has 124 valence electrons. The van der Waals surface area contributed by atoms with Crippen LogP contribution in [0.1, 0.15) is 19.1 Å². The maximum absolute atomic E-state index is 10.2. The van der Waals surface area contributed by atoms with Crippen LogP contribution in [-0.4, -0.2) is 67.8 Å². The first-order chi connectivity index (χ1) is 11.3. The fourth-order valence-corrected chi connectivity index (χ4v) is 3.08. The lowest BCUT2D eigenvalue weighted by Gasteiger charge is -2.16. The number of anilines is 1. The molecule has 0 bridgehead atoms. The summed E-state index contributed by atoms with van der Waals surface area (Å²) in [6, 6.07) is 0.213. The van der Waals surface area contributed by atoms with Crippen LogP contribution >= 0.6 is 0 Å². The highest BCUT2D eigenvalue weighted by Gasteiger charge is 2.36. The van der Waals surface area contributed by atoms with Crippen LogP contribution in [0, 0.1) is 0 Å². The summed E-state index contributed by atoms with van der Waals surface area (Å²) in [5.41, 5.74) is 1.21. The van der Waals surface area contributed by atoms with Crippen molar-refractivity contribution in [2.45, 2.75) is 37.3 Å². The van der Waals surface area contributed by atoms with Gasteiger partial charge in [-0.1, -0.05) is 0 Å². The van der Waals surface area contributed by atoms with Gasteiger partial charge in [-0.25, -0.2) is 15.0 Å². The zero-order valence-electron chi connectivity index (χ0n) is 12.5. The van der Waals surface area contributed by atoms with E-state index in [9.17, 15) is 10.2 Å². The molecule has 2 fully saturated rings. The van der Waals surface area contributed by atoms with E-state index in [1.807, 2.05) is 0 Å². The first-order valence-electron chi connectivity index (χ1n) is 7.72. The van der Waals surface area contributed by atoms with Crippen LogP contribution in [0.3, 0.4) is 0 Å². The SMILES string of the molecule is OC[C@@H]1C[C@@H](O)[C@H](n2cnc3c(N[C@@H]4CCOC4)ncnc32)O1. The summed E-state index contributed by atoms with van der Waals surface area (Å²) in [5, 5.41) is 22.7. The number of nitrogens with one attached hydrogen (secondary N) is 1. The van der Waals surface area contributed by atoms with Gasteiger partial charge in [0.1, 0.15) is 12.4 Å². The highest BCUT2D eigenvalue weighted by Crippen LogP contribution is 2.31. The molecule has 0 radical (unpaired) electrons. The first-order valence-corrected chi connectivity index (χ1v) is 7.72. The Kier molecular flexibility index (Phi) is 3.85. The lowest BCUT2D eigenvalue weighted by atomic mass is 10.2. The van der Waals surface area contributed by atoms with Crippen molar-refractivity contribution in [1.82, 2.24) is 19.5 Å². The van der Waals surface area contributed by atoms with Gasteiger partial charge in [0.05, 0.1) is 31.7 Å². The van der Waals surface area contributed by atoms with Gasteiger partial charge in [0.25, 0.3) is 0 Å². The van der Waals surface area contributed by atoms with Crippen LogP contribution in [0.2, 0.25) is 0 Å². The molecule has 2 aromatic rings. The van der Waals surface area contributed by atoms with Gasteiger partial charge in [0.15, 0.2) is 23.2 Å². The van der Waals surface area contributed by atoms with Crippen molar-refractivity contribution in [3.8, 4) is 0 Å². The molecule has 4 heterocycles. The maximum Gasteiger partial charge on any atom is 0.167 e. The standard InChI is InChI=1S/C14H19N5O4/c20-4-9-3-10(21)14(23-9)19-7-17-11-12(15-6-16-13(11)19)18-8-1-2-22-5-8/h6-10,14,20-21H,1-5H2,(H,15,16,18)/t8-,9+,10-,14-/m1/s1. The van der Waals surface area contributed by atoms with Crippen LogP contribution in [0.4, 0.5) is 5.82 Å². The second-order valence-electron chi connectivity index (χ2n) is 5.89. The van der Waals surface area contributed by atoms with Crippen molar-refractivity contribution in [2.75, 3.05) is 25.1 Å². The van der Waals surface area contributed by atoms with Gasteiger partial charge in [-0.2, -0.15) is 0 Å². The van der Waals surface area contributed by atoms with Crippen molar-refractivity contribution in [3.05, 3.63) is 12.7 Å². The molecule has 0 spiro atoms. The van der Waals surface area contributed by atoms with Gasteiger partial charge in [-0.3, -0.25) is 4.57 Å². The van der Waals surface area contributed by atoms with Crippen molar-refractivity contribution >= 4 is 17.0 Å². The van der Waals surface area contributed by atoms with E-state index in [-0.39, 0.29) is 18.8 Å². The minimum Gasteiger partial charge on any atom is -0.394 e. The van der Waals surface area contributed by atoms with E-state index < -0.39 is 12.3 Å². The number of nitrogens with zero attached hydrogens (tertiary/aromatic N) is 4. The number of rotatable bonds is 4. The fraction of sp³-hybridized carbons (Fsp3) is 0.643. The third-order valence-corrected chi connectivity index (χ3v) is 4.27. The minimum atomic E-state index is -0.709. The van der Waals surface area contributed by atoms with Gasteiger partial charge in [-0.05, 0) is 6.42 Å². The molecule has 9 nitrogen and oxygen atoms in total. The van der Waals surface area contributed by atoms with Crippen molar-refractivity contribution in [3.63, 3.8) is 0 Å². The first kappa shape index (κ1) is 14.8. The van der Waals surface area contributed by atoms with Crippen LogP contribution in [0.15, 0.2) is 12.7 Å². The molecule has 2 aliphatic heterocycles.